The molecule has 122 valence electrons. The number of H-pyrrole nitrogens is 1. The van der Waals surface area contributed by atoms with Crippen LogP contribution < -0.4 is 10.6 Å². The van der Waals surface area contributed by atoms with Gasteiger partial charge < -0.3 is 19.9 Å². The van der Waals surface area contributed by atoms with E-state index in [1.807, 2.05) is 0 Å². The lowest BCUT2D eigenvalue weighted by molar-refractivity contribution is 0.108. The van der Waals surface area contributed by atoms with E-state index in [1.165, 1.54) is 13.3 Å². The second kappa shape index (κ2) is 6.51. The van der Waals surface area contributed by atoms with Crippen LogP contribution in [0.25, 0.3) is 11.2 Å². The van der Waals surface area contributed by atoms with Crippen LogP contribution in [0.5, 0.6) is 0 Å². The predicted octanol–water partition coefficient (Wildman–Crippen LogP) is 1.31. The first-order valence-corrected chi connectivity index (χ1v) is 7.36. The first-order chi connectivity index (χ1) is 11.2. The van der Waals surface area contributed by atoms with E-state index in [1.54, 1.807) is 17.2 Å². The van der Waals surface area contributed by atoms with Crippen molar-refractivity contribution in [2.75, 3.05) is 25.5 Å². The number of likely N-dealkylation sites (tertiary alicyclic amines) is 1. The Morgan fingerprint density at radius 3 is 3.17 bits per heavy atom. The fourth-order valence-corrected chi connectivity index (χ4v) is 2.62. The maximum Gasteiger partial charge on any atom is 0.409 e. The molecule has 0 saturated carbocycles. The highest BCUT2D eigenvalue weighted by Crippen LogP contribution is 2.12. The molecule has 0 radical (unpaired) electrons. The zero-order chi connectivity index (χ0) is 16.2. The minimum Gasteiger partial charge on any atom is -0.453 e. The monoisotopic (exact) mass is 318 g/mol. The number of ether oxygens (including phenoxy) is 1. The number of aromatic amines is 1. The van der Waals surface area contributed by atoms with Crippen molar-refractivity contribution in [2.24, 2.45) is 0 Å². The van der Waals surface area contributed by atoms with Crippen LogP contribution in [0.1, 0.15) is 12.8 Å². The van der Waals surface area contributed by atoms with Gasteiger partial charge in [-0.25, -0.2) is 19.6 Å². The highest BCUT2D eigenvalue weighted by Gasteiger charge is 2.25. The van der Waals surface area contributed by atoms with Crippen molar-refractivity contribution in [3.8, 4) is 0 Å². The Morgan fingerprint density at radius 1 is 1.48 bits per heavy atom. The summed E-state index contributed by atoms with van der Waals surface area (Å²) in [4.78, 5) is 36.6. The molecule has 0 bridgehead atoms. The molecule has 23 heavy (non-hydrogen) atoms. The summed E-state index contributed by atoms with van der Waals surface area (Å²) < 4.78 is 4.71. The Balaban J connectivity index is 1.57. The standard InChI is InChI=1S/C14H18N6O3/c1-23-14(22)20-6-2-3-9(8-20)17-13(21)19-11-7-16-12-10(18-11)4-5-15-12/h4-5,7,9H,2-3,6,8H2,1H3,(H,15,16)(H2,17,18,19,21). The Bertz CT molecular complexity index is 715. The molecule has 9 nitrogen and oxygen atoms in total. The highest BCUT2D eigenvalue weighted by atomic mass is 16.5. The van der Waals surface area contributed by atoms with Crippen LogP contribution in [0.2, 0.25) is 0 Å². The number of hydrogen-bond acceptors (Lipinski definition) is 5. The minimum atomic E-state index is -0.374. The second-order valence-corrected chi connectivity index (χ2v) is 5.32. The van der Waals surface area contributed by atoms with Crippen molar-refractivity contribution < 1.29 is 14.3 Å². The molecule has 3 N–H and O–H groups in total. The second-order valence-electron chi connectivity index (χ2n) is 5.32. The van der Waals surface area contributed by atoms with E-state index in [4.69, 9.17) is 4.74 Å². The van der Waals surface area contributed by atoms with Gasteiger partial charge >= 0.3 is 12.1 Å². The van der Waals surface area contributed by atoms with Crippen molar-refractivity contribution >= 4 is 29.1 Å². The van der Waals surface area contributed by atoms with Gasteiger partial charge in [-0.3, -0.25) is 5.32 Å². The van der Waals surface area contributed by atoms with E-state index in [9.17, 15) is 9.59 Å². The molecule has 1 fully saturated rings. The number of aromatic nitrogens is 3. The molecule has 1 saturated heterocycles. The number of carbonyl (C=O) groups is 2. The van der Waals surface area contributed by atoms with Crippen molar-refractivity contribution in [3.63, 3.8) is 0 Å². The number of piperidine rings is 1. The molecule has 2 aromatic heterocycles. The van der Waals surface area contributed by atoms with Gasteiger partial charge in [0.05, 0.1) is 13.3 Å². The van der Waals surface area contributed by atoms with E-state index < -0.39 is 0 Å². The SMILES string of the molecule is COC(=O)N1CCCC(NC(=O)Nc2cnc3[nH]ccc3n2)C1. The third kappa shape index (κ3) is 3.50. The van der Waals surface area contributed by atoms with Gasteiger partial charge in [0.15, 0.2) is 11.5 Å². The Hall–Kier alpha value is -2.84. The van der Waals surface area contributed by atoms with Crippen LogP contribution in [0.15, 0.2) is 18.5 Å². The van der Waals surface area contributed by atoms with Gasteiger partial charge in [-0.1, -0.05) is 0 Å². The quantitative estimate of drug-likeness (QED) is 0.773. The molecule has 1 atom stereocenters. The van der Waals surface area contributed by atoms with Gasteiger partial charge in [0.1, 0.15) is 5.52 Å². The summed E-state index contributed by atoms with van der Waals surface area (Å²) in [6, 6.07) is 1.29. The fourth-order valence-electron chi connectivity index (χ4n) is 2.62. The number of hydrogen-bond donors (Lipinski definition) is 3. The van der Waals surface area contributed by atoms with Gasteiger partial charge in [0.25, 0.3) is 0 Å². The number of urea groups is 1. The summed E-state index contributed by atoms with van der Waals surface area (Å²) in [5.41, 5.74) is 1.34. The number of anilines is 1. The van der Waals surface area contributed by atoms with Crippen LogP contribution in [-0.2, 0) is 4.74 Å². The first-order valence-electron chi connectivity index (χ1n) is 7.36. The number of rotatable bonds is 2. The Labute approximate surface area is 132 Å². The van der Waals surface area contributed by atoms with Gasteiger partial charge in [-0.2, -0.15) is 0 Å². The first kappa shape index (κ1) is 15.1. The Morgan fingerprint density at radius 2 is 2.35 bits per heavy atom. The molecule has 1 aliphatic rings. The number of fused-ring (bicyclic) bond motifs is 1. The van der Waals surface area contributed by atoms with Crippen molar-refractivity contribution in [1.29, 1.82) is 0 Å². The van der Waals surface area contributed by atoms with E-state index in [-0.39, 0.29) is 18.2 Å². The summed E-state index contributed by atoms with van der Waals surface area (Å²) in [6.07, 6.45) is 4.47. The lowest BCUT2D eigenvalue weighted by atomic mass is 10.1. The van der Waals surface area contributed by atoms with E-state index in [0.29, 0.717) is 30.1 Å². The van der Waals surface area contributed by atoms with Crippen molar-refractivity contribution in [2.45, 2.75) is 18.9 Å². The van der Waals surface area contributed by atoms with E-state index in [2.05, 4.69) is 25.6 Å². The number of amides is 3. The lowest BCUT2D eigenvalue weighted by Gasteiger charge is -2.31. The average Bonchev–Trinajstić information content (AvgIpc) is 3.02. The third-order valence-electron chi connectivity index (χ3n) is 3.69. The predicted molar refractivity (Wildman–Crippen MR) is 83.0 cm³/mol. The number of methoxy groups -OCH3 is 1. The van der Waals surface area contributed by atoms with E-state index >= 15 is 0 Å². The normalized spacial score (nSPS) is 17.8. The molecular weight excluding hydrogens is 300 g/mol. The van der Waals surface area contributed by atoms with Crippen LogP contribution in [0, 0.1) is 0 Å². The molecule has 0 spiro atoms. The molecule has 0 aromatic carbocycles. The van der Waals surface area contributed by atoms with Crippen LogP contribution in [0.4, 0.5) is 15.4 Å². The number of carbonyl (C=O) groups excluding carboxylic acids is 2. The zero-order valence-corrected chi connectivity index (χ0v) is 12.7. The summed E-state index contributed by atoms with van der Waals surface area (Å²) in [5, 5.41) is 5.50. The van der Waals surface area contributed by atoms with E-state index in [0.717, 1.165) is 12.8 Å². The largest absolute Gasteiger partial charge is 0.453 e. The molecule has 9 heteroatoms. The third-order valence-corrected chi connectivity index (χ3v) is 3.69. The topological polar surface area (TPSA) is 112 Å². The van der Waals surface area contributed by atoms with Crippen molar-refractivity contribution in [1.82, 2.24) is 25.2 Å². The van der Waals surface area contributed by atoms with Gasteiger partial charge in [0.2, 0.25) is 0 Å². The maximum absolute atomic E-state index is 12.1. The molecule has 2 aromatic rings. The van der Waals surface area contributed by atoms with Gasteiger partial charge in [0, 0.05) is 25.3 Å². The smallest absolute Gasteiger partial charge is 0.409 e. The summed E-state index contributed by atoms with van der Waals surface area (Å²) in [5.74, 6) is 0.371. The molecule has 3 amide bonds. The number of nitrogens with zero attached hydrogens (tertiary/aromatic N) is 3. The summed E-state index contributed by atoms with van der Waals surface area (Å²) in [7, 11) is 1.35. The molecule has 3 heterocycles. The molecule has 1 aliphatic heterocycles. The minimum absolute atomic E-state index is 0.119. The van der Waals surface area contributed by atoms with Crippen LogP contribution >= 0.6 is 0 Å². The highest BCUT2D eigenvalue weighted by molar-refractivity contribution is 5.89. The zero-order valence-electron chi connectivity index (χ0n) is 12.7. The van der Waals surface area contributed by atoms with Crippen LogP contribution in [0.3, 0.4) is 0 Å². The summed E-state index contributed by atoms with van der Waals surface area (Å²) in [6.45, 7) is 1.07. The number of nitrogens with one attached hydrogen (secondary N) is 3. The molecular formula is C14H18N6O3. The van der Waals surface area contributed by atoms with Crippen LogP contribution in [-0.4, -0.2) is 58.2 Å². The summed E-state index contributed by atoms with van der Waals surface area (Å²) >= 11 is 0. The molecule has 1 unspecified atom stereocenters. The molecule has 0 aliphatic carbocycles. The van der Waals surface area contributed by atoms with Crippen molar-refractivity contribution in [3.05, 3.63) is 18.5 Å². The maximum atomic E-state index is 12.1. The fraction of sp³-hybridized carbons (Fsp3) is 0.429. The van der Waals surface area contributed by atoms with Gasteiger partial charge in [-0.05, 0) is 18.9 Å². The average molecular weight is 318 g/mol. The Kier molecular flexibility index (Phi) is 4.26. The lowest BCUT2D eigenvalue weighted by Crippen LogP contribution is -2.50. The molecule has 3 rings (SSSR count). The van der Waals surface area contributed by atoms with Gasteiger partial charge in [-0.15, -0.1) is 0 Å².